The highest BCUT2D eigenvalue weighted by atomic mass is 16.5. The SMILES string of the molecule is C=C1CC(C(=O)OCC)C1=CC. The van der Waals surface area contributed by atoms with Crippen LogP contribution in [0.1, 0.15) is 20.3 Å². The minimum atomic E-state index is -0.113. The number of ether oxygens (including phenoxy) is 1. The monoisotopic (exact) mass is 166 g/mol. The van der Waals surface area contributed by atoms with Gasteiger partial charge in [0.25, 0.3) is 0 Å². The van der Waals surface area contributed by atoms with Gasteiger partial charge in [0.1, 0.15) is 0 Å². The lowest BCUT2D eigenvalue weighted by molar-refractivity contribution is -0.147. The van der Waals surface area contributed by atoms with Gasteiger partial charge in [-0.2, -0.15) is 0 Å². The van der Waals surface area contributed by atoms with E-state index in [1.54, 1.807) is 0 Å². The van der Waals surface area contributed by atoms with Gasteiger partial charge in [0.05, 0.1) is 12.5 Å². The molecule has 2 heteroatoms. The van der Waals surface area contributed by atoms with E-state index in [1.165, 1.54) is 0 Å². The summed E-state index contributed by atoms with van der Waals surface area (Å²) in [6.45, 7) is 8.03. The largest absolute Gasteiger partial charge is 0.466 e. The van der Waals surface area contributed by atoms with Crippen molar-refractivity contribution in [2.45, 2.75) is 20.3 Å². The van der Waals surface area contributed by atoms with Crippen molar-refractivity contribution in [2.24, 2.45) is 5.92 Å². The molecule has 1 aliphatic carbocycles. The van der Waals surface area contributed by atoms with Gasteiger partial charge >= 0.3 is 5.97 Å². The van der Waals surface area contributed by atoms with E-state index in [0.717, 1.165) is 17.6 Å². The minimum Gasteiger partial charge on any atom is -0.466 e. The highest BCUT2D eigenvalue weighted by Crippen LogP contribution is 2.38. The van der Waals surface area contributed by atoms with Crippen molar-refractivity contribution >= 4 is 5.97 Å². The Morgan fingerprint density at radius 2 is 2.50 bits per heavy atom. The summed E-state index contributed by atoms with van der Waals surface area (Å²) < 4.78 is 4.91. The maximum absolute atomic E-state index is 11.2. The Bertz CT molecular complexity index is 238. The quantitative estimate of drug-likeness (QED) is 0.587. The molecule has 0 amide bonds. The zero-order chi connectivity index (χ0) is 9.14. The molecule has 0 heterocycles. The van der Waals surface area contributed by atoms with Gasteiger partial charge in [-0.1, -0.05) is 18.2 Å². The van der Waals surface area contributed by atoms with E-state index in [-0.39, 0.29) is 11.9 Å². The van der Waals surface area contributed by atoms with Crippen molar-refractivity contribution in [2.75, 3.05) is 6.61 Å². The summed E-state index contributed by atoms with van der Waals surface area (Å²) in [5.41, 5.74) is 2.11. The Morgan fingerprint density at radius 3 is 2.92 bits per heavy atom. The van der Waals surface area contributed by atoms with Gasteiger partial charge in [0, 0.05) is 0 Å². The molecule has 0 saturated heterocycles. The summed E-state index contributed by atoms with van der Waals surface area (Å²) in [5, 5.41) is 0. The zero-order valence-corrected chi connectivity index (χ0v) is 7.59. The first-order valence-electron chi connectivity index (χ1n) is 4.21. The van der Waals surface area contributed by atoms with Crippen LogP contribution in [0.5, 0.6) is 0 Å². The first-order chi connectivity index (χ1) is 5.70. The number of carbonyl (C=O) groups is 1. The number of allylic oxidation sites excluding steroid dienone is 2. The van der Waals surface area contributed by atoms with Crippen molar-refractivity contribution < 1.29 is 9.53 Å². The van der Waals surface area contributed by atoms with Crippen LogP contribution in [0.3, 0.4) is 0 Å². The highest BCUT2D eigenvalue weighted by Gasteiger charge is 2.34. The third-order valence-electron chi connectivity index (χ3n) is 2.12. The predicted octanol–water partition coefficient (Wildman–Crippen LogP) is 2.07. The molecular weight excluding hydrogens is 152 g/mol. The molecule has 0 aromatic rings. The Kier molecular flexibility index (Phi) is 2.69. The molecule has 12 heavy (non-hydrogen) atoms. The first-order valence-corrected chi connectivity index (χ1v) is 4.21. The van der Waals surface area contributed by atoms with Crippen LogP contribution in [0, 0.1) is 5.92 Å². The van der Waals surface area contributed by atoms with Crippen molar-refractivity contribution in [1.82, 2.24) is 0 Å². The lowest BCUT2D eigenvalue weighted by Crippen LogP contribution is -2.28. The van der Waals surface area contributed by atoms with Crippen molar-refractivity contribution in [3.8, 4) is 0 Å². The van der Waals surface area contributed by atoms with Gasteiger partial charge in [0.15, 0.2) is 0 Å². The fourth-order valence-electron chi connectivity index (χ4n) is 1.45. The van der Waals surface area contributed by atoms with Gasteiger partial charge in [-0.15, -0.1) is 0 Å². The molecule has 0 radical (unpaired) electrons. The second kappa shape index (κ2) is 3.57. The average Bonchev–Trinajstić information content (AvgIpc) is 2.01. The van der Waals surface area contributed by atoms with Crippen LogP contribution in [0.25, 0.3) is 0 Å². The highest BCUT2D eigenvalue weighted by molar-refractivity contribution is 5.81. The number of esters is 1. The van der Waals surface area contributed by atoms with E-state index < -0.39 is 0 Å². The Balaban J connectivity index is 2.56. The molecule has 1 rings (SSSR count). The fourth-order valence-corrected chi connectivity index (χ4v) is 1.45. The summed E-state index contributed by atoms with van der Waals surface area (Å²) in [6.07, 6.45) is 2.70. The molecule has 66 valence electrons. The van der Waals surface area contributed by atoms with Crippen LogP contribution < -0.4 is 0 Å². The summed E-state index contributed by atoms with van der Waals surface area (Å²) in [7, 11) is 0. The number of hydrogen-bond acceptors (Lipinski definition) is 2. The Morgan fingerprint density at radius 1 is 1.83 bits per heavy atom. The fraction of sp³-hybridized carbons (Fsp3) is 0.500. The molecule has 0 aliphatic heterocycles. The summed E-state index contributed by atoms with van der Waals surface area (Å²) in [6, 6.07) is 0. The maximum Gasteiger partial charge on any atom is 0.313 e. The van der Waals surface area contributed by atoms with E-state index in [0.29, 0.717) is 6.61 Å². The van der Waals surface area contributed by atoms with Crippen molar-refractivity contribution in [1.29, 1.82) is 0 Å². The van der Waals surface area contributed by atoms with Crippen LogP contribution >= 0.6 is 0 Å². The van der Waals surface area contributed by atoms with Crippen molar-refractivity contribution in [3.05, 3.63) is 23.8 Å². The van der Waals surface area contributed by atoms with Gasteiger partial charge in [-0.25, -0.2) is 0 Å². The average molecular weight is 166 g/mol. The normalized spacial score (nSPS) is 25.3. The Hall–Kier alpha value is -1.05. The number of hydrogen-bond donors (Lipinski definition) is 0. The number of rotatable bonds is 2. The summed E-state index contributed by atoms with van der Waals surface area (Å²) >= 11 is 0. The maximum atomic E-state index is 11.2. The van der Waals surface area contributed by atoms with Crippen molar-refractivity contribution in [3.63, 3.8) is 0 Å². The third-order valence-corrected chi connectivity index (χ3v) is 2.12. The van der Waals surface area contributed by atoms with E-state index in [2.05, 4.69) is 6.58 Å². The molecule has 1 atom stereocenters. The molecule has 1 unspecified atom stereocenters. The standard InChI is InChI=1S/C10H14O2/c1-4-8-7(3)6-9(8)10(11)12-5-2/h4,9H,3,5-6H2,1-2H3. The van der Waals surface area contributed by atoms with E-state index in [9.17, 15) is 4.79 Å². The van der Waals surface area contributed by atoms with E-state index >= 15 is 0 Å². The molecule has 1 saturated carbocycles. The van der Waals surface area contributed by atoms with Crippen LogP contribution in [0.2, 0.25) is 0 Å². The van der Waals surface area contributed by atoms with E-state index in [1.807, 2.05) is 19.9 Å². The molecule has 0 N–H and O–H groups in total. The number of carbonyl (C=O) groups excluding carboxylic acids is 1. The molecule has 1 fully saturated rings. The van der Waals surface area contributed by atoms with Crippen LogP contribution in [0.15, 0.2) is 23.8 Å². The Labute approximate surface area is 72.9 Å². The van der Waals surface area contributed by atoms with Gasteiger partial charge in [0.2, 0.25) is 0 Å². The van der Waals surface area contributed by atoms with Gasteiger partial charge < -0.3 is 4.74 Å². The molecule has 1 aliphatic rings. The molecule has 0 aromatic carbocycles. The summed E-state index contributed by atoms with van der Waals surface area (Å²) in [4.78, 5) is 11.2. The van der Waals surface area contributed by atoms with Crippen LogP contribution in [-0.2, 0) is 9.53 Å². The molecular formula is C10H14O2. The van der Waals surface area contributed by atoms with Gasteiger partial charge in [-0.3, -0.25) is 4.79 Å². The second-order valence-corrected chi connectivity index (χ2v) is 2.86. The van der Waals surface area contributed by atoms with Gasteiger partial charge in [-0.05, 0) is 25.8 Å². The lowest BCUT2D eigenvalue weighted by Gasteiger charge is -2.30. The second-order valence-electron chi connectivity index (χ2n) is 2.86. The summed E-state index contributed by atoms with van der Waals surface area (Å²) in [5.74, 6) is -0.152. The topological polar surface area (TPSA) is 26.3 Å². The smallest absolute Gasteiger partial charge is 0.313 e. The molecule has 2 nitrogen and oxygen atoms in total. The van der Waals surface area contributed by atoms with Crippen LogP contribution in [0.4, 0.5) is 0 Å². The third kappa shape index (κ3) is 1.42. The molecule has 0 aromatic heterocycles. The van der Waals surface area contributed by atoms with Crippen LogP contribution in [-0.4, -0.2) is 12.6 Å². The zero-order valence-electron chi connectivity index (χ0n) is 7.59. The molecule has 0 spiro atoms. The lowest BCUT2D eigenvalue weighted by atomic mass is 9.75. The molecule has 0 bridgehead atoms. The van der Waals surface area contributed by atoms with E-state index in [4.69, 9.17) is 4.74 Å². The minimum absolute atomic E-state index is 0.0394. The predicted molar refractivity (Wildman–Crippen MR) is 47.6 cm³/mol. The first kappa shape index (κ1) is 9.04.